The summed E-state index contributed by atoms with van der Waals surface area (Å²) >= 11 is 1.51. The molecule has 1 atom stereocenters. The van der Waals surface area contributed by atoms with E-state index in [1.165, 1.54) is 17.4 Å². The lowest BCUT2D eigenvalue weighted by atomic mass is 10.2. The van der Waals surface area contributed by atoms with Gasteiger partial charge in [0.05, 0.1) is 24.1 Å². The zero-order chi connectivity index (χ0) is 14.5. The number of nitrogens with zero attached hydrogens (tertiary/aromatic N) is 2. The second-order valence-corrected chi connectivity index (χ2v) is 5.76. The van der Waals surface area contributed by atoms with E-state index in [9.17, 15) is 9.59 Å². The maximum absolute atomic E-state index is 12.0. The predicted molar refractivity (Wildman–Crippen MR) is 74.5 cm³/mol. The molecule has 0 spiro atoms. The average Bonchev–Trinajstić information content (AvgIpc) is 2.81. The first-order valence-corrected chi connectivity index (χ1v) is 7.09. The van der Waals surface area contributed by atoms with E-state index >= 15 is 0 Å². The van der Waals surface area contributed by atoms with Gasteiger partial charge in [0.25, 0.3) is 0 Å². The van der Waals surface area contributed by atoms with Crippen molar-refractivity contribution in [3.05, 3.63) is 22.2 Å². The smallest absolute Gasteiger partial charge is 0.306 e. The molecule has 0 radical (unpaired) electrons. The van der Waals surface area contributed by atoms with Gasteiger partial charge in [-0.1, -0.05) is 0 Å². The Labute approximate surface area is 120 Å². The number of rotatable bonds is 4. The highest BCUT2D eigenvalue weighted by atomic mass is 32.1. The topological polar surface area (TPSA) is 79.7 Å². The summed E-state index contributed by atoms with van der Waals surface area (Å²) in [6.45, 7) is 3.08. The van der Waals surface area contributed by atoms with Gasteiger partial charge in [0.15, 0.2) is 0 Å². The first-order chi connectivity index (χ1) is 9.54. The maximum atomic E-state index is 12.0. The van der Waals surface area contributed by atoms with Crippen molar-refractivity contribution in [1.82, 2.24) is 9.88 Å². The van der Waals surface area contributed by atoms with Crippen LogP contribution in [0.4, 0.5) is 0 Å². The molecule has 0 aromatic carbocycles. The summed E-state index contributed by atoms with van der Waals surface area (Å²) in [7, 11) is 0. The molecule has 1 aliphatic rings. The molecule has 2 rings (SSSR count). The maximum Gasteiger partial charge on any atom is 0.306 e. The van der Waals surface area contributed by atoms with E-state index in [1.807, 2.05) is 6.92 Å². The predicted octanol–water partition coefficient (Wildman–Crippen LogP) is 1.17. The van der Waals surface area contributed by atoms with Gasteiger partial charge in [0.2, 0.25) is 5.91 Å². The number of carbonyl (C=O) groups is 2. The highest BCUT2D eigenvalue weighted by Crippen LogP contribution is 2.14. The minimum atomic E-state index is -0.917. The largest absolute Gasteiger partial charge is 0.481 e. The van der Waals surface area contributed by atoms with Crippen LogP contribution in [0.5, 0.6) is 0 Å². The van der Waals surface area contributed by atoms with Gasteiger partial charge in [-0.25, -0.2) is 4.98 Å². The molecule has 20 heavy (non-hydrogen) atoms. The normalized spacial score (nSPS) is 19.4. The SMILES string of the molecule is Cc1ncc(C=CC(=O)N2CCOC(CC(=O)O)C2)s1. The Morgan fingerprint density at radius 2 is 2.45 bits per heavy atom. The van der Waals surface area contributed by atoms with Gasteiger partial charge in [0.1, 0.15) is 0 Å². The molecule has 1 fully saturated rings. The molecule has 1 unspecified atom stereocenters. The average molecular weight is 296 g/mol. The van der Waals surface area contributed by atoms with E-state index in [0.717, 1.165) is 9.88 Å². The Morgan fingerprint density at radius 1 is 1.65 bits per heavy atom. The summed E-state index contributed by atoms with van der Waals surface area (Å²) < 4.78 is 5.33. The van der Waals surface area contributed by atoms with E-state index in [-0.39, 0.29) is 12.3 Å². The van der Waals surface area contributed by atoms with Gasteiger partial charge < -0.3 is 14.7 Å². The number of carbonyl (C=O) groups excluding carboxylic acids is 1. The first-order valence-electron chi connectivity index (χ1n) is 6.27. The van der Waals surface area contributed by atoms with Crippen LogP contribution in [0.25, 0.3) is 6.08 Å². The quantitative estimate of drug-likeness (QED) is 0.844. The number of amides is 1. The standard InChI is InChI=1S/C13H16N2O4S/c1-9-14-7-11(20-9)2-3-12(16)15-4-5-19-10(8-15)6-13(17)18/h2-3,7,10H,4-6,8H2,1H3,(H,17,18). The summed E-state index contributed by atoms with van der Waals surface area (Å²) in [4.78, 5) is 29.3. The van der Waals surface area contributed by atoms with Crippen LogP contribution in [0.3, 0.4) is 0 Å². The van der Waals surface area contributed by atoms with E-state index in [2.05, 4.69) is 4.98 Å². The molecule has 0 saturated carbocycles. The third-order valence-electron chi connectivity index (χ3n) is 2.88. The Hall–Kier alpha value is -1.73. The van der Waals surface area contributed by atoms with E-state index in [4.69, 9.17) is 9.84 Å². The Kier molecular flexibility index (Phi) is 4.86. The van der Waals surface area contributed by atoms with Crippen molar-refractivity contribution in [3.63, 3.8) is 0 Å². The molecule has 7 heteroatoms. The van der Waals surface area contributed by atoms with Crippen molar-refractivity contribution in [1.29, 1.82) is 0 Å². The van der Waals surface area contributed by atoms with Crippen LogP contribution in [-0.4, -0.2) is 52.7 Å². The number of morpholine rings is 1. The molecule has 1 saturated heterocycles. The Balaban J connectivity index is 1.91. The number of thiazole rings is 1. The zero-order valence-corrected chi connectivity index (χ0v) is 11.9. The van der Waals surface area contributed by atoms with Crippen molar-refractivity contribution in [2.24, 2.45) is 0 Å². The third kappa shape index (κ3) is 4.14. The number of aryl methyl sites for hydroxylation is 1. The lowest BCUT2D eigenvalue weighted by Crippen LogP contribution is -2.45. The number of carboxylic acid groups (broad SMARTS) is 1. The second kappa shape index (κ2) is 6.62. The first kappa shape index (κ1) is 14.7. The molecule has 0 aliphatic carbocycles. The van der Waals surface area contributed by atoms with Crippen molar-refractivity contribution in [2.45, 2.75) is 19.4 Å². The minimum absolute atomic E-state index is 0.0818. The third-order valence-corrected chi connectivity index (χ3v) is 3.76. The lowest BCUT2D eigenvalue weighted by Gasteiger charge is -2.31. The fraction of sp³-hybridized carbons (Fsp3) is 0.462. The highest BCUT2D eigenvalue weighted by Gasteiger charge is 2.24. The molecule has 6 nitrogen and oxygen atoms in total. The molecule has 1 aliphatic heterocycles. The molecule has 1 amide bonds. The Bertz CT molecular complexity index is 526. The molecule has 2 heterocycles. The number of hydrogen-bond acceptors (Lipinski definition) is 5. The summed E-state index contributed by atoms with van der Waals surface area (Å²) in [6.07, 6.45) is 4.44. The van der Waals surface area contributed by atoms with Gasteiger partial charge in [-0.3, -0.25) is 9.59 Å². The van der Waals surface area contributed by atoms with Crippen LogP contribution in [0.15, 0.2) is 12.3 Å². The number of aliphatic carboxylic acids is 1. The lowest BCUT2D eigenvalue weighted by molar-refractivity contribution is -0.145. The van der Waals surface area contributed by atoms with Crippen LogP contribution in [0.2, 0.25) is 0 Å². The molecule has 1 N–H and O–H groups in total. The molecule has 0 bridgehead atoms. The molecular weight excluding hydrogens is 280 g/mol. The second-order valence-electron chi connectivity index (χ2n) is 4.49. The van der Waals surface area contributed by atoms with Crippen molar-refractivity contribution < 1.29 is 19.4 Å². The fourth-order valence-electron chi connectivity index (χ4n) is 1.95. The summed E-state index contributed by atoms with van der Waals surface area (Å²) in [5.41, 5.74) is 0. The van der Waals surface area contributed by atoms with Gasteiger partial charge in [0, 0.05) is 30.2 Å². The van der Waals surface area contributed by atoms with Gasteiger partial charge in [-0.05, 0) is 13.0 Å². The number of aromatic nitrogens is 1. The summed E-state index contributed by atoms with van der Waals surface area (Å²) in [5, 5.41) is 9.69. The van der Waals surface area contributed by atoms with Gasteiger partial charge in [-0.2, -0.15) is 0 Å². The van der Waals surface area contributed by atoms with E-state index in [0.29, 0.717) is 19.7 Å². The summed E-state index contributed by atoms with van der Waals surface area (Å²) in [5.74, 6) is -1.05. The number of carboxylic acids is 1. The number of ether oxygens (including phenoxy) is 1. The summed E-state index contributed by atoms with van der Waals surface area (Å²) in [6, 6.07) is 0. The van der Waals surface area contributed by atoms with Crippen molar-refractivity contribution in [2.75, 3.05) is 19.7 Å². The zero-order valence-electron chi connectivity index (χ0n) is 11.1. The van der Waals surface area contributed by atoms with Gasteiger partial charge in [-0.15, -0.1) is 11.3 Å². The van der Waals surface area contributed by atoms with E-state index < -0.39 is 12.1 Å². The Morgan fingerprint density at radius 3 is 3.10 bits per heavy atom. The minimum Gasteiger partial charge on any atom is -0.481 e. The van der Waals surface area contributed by atoms with Crippen molar-refractivity contribution >= 4 is 29.3 Å². The molecule has 1 aromatic rings. The molecular formula is C13H16N2O4S. The van der Waals surface area contributed by atoms with Crippen molar-refractivity contribution in [3.8, 4) is 0 Å². The van der Waals surface area contributed by atoms with Crippen LogP contribution >= 0.6 is 11.3 Å². The van der Waals surface area contributed by atoms with Crippen LogP contribution in [0, 0.1) is 6.92 Å². The number of hydrogen-bond donors (Lipinski definition) is 1. The highest BCUT2D eigenvalue weighted by molar-refractivity contribution is 7.12. The van der Waals surface area contributed by atoms with Gasteiger partial charge >= 0.3 is 5.97 Å². The van der Waals surface area contributed by atoms with E-state index in [1.54, 1.807) is 17.2 Å². The monoisotopic (exact) mass is 296 g/mol. The van der Waals surface area contributed by atoms with Crippen LogP contribution in [-0.2, 0) is 14.3 Å². The molecule has 1 aromatic heterocycles. The van der Waals surface area contributed by atoms with Crippen LogP contribution < -0.4 is 0 Å². The molecule has 108 valence electrons. The fourth-order valence-corrected chi connectivity index (χ4v) is 2.64. The van der Waals surface area contributed by atoms with Crippen LogP contribution in [0.1, 0.15) is 16.3 Å².